The number of carboxylic acid groups (broad SMARTS) is 1. The van der Waals surface area contributed by atoms with Crippen LogP contribution < -0.4 is 5.23 Å². The molecule has 4 atom stereocenters. The molecule has 3 nitrogen and oxygen atoms in total. The van der Waals surface area contributed by atoms with Gasteiger partial charge in [-0.05, 0) is 36.0 Å². The summed E-state index contributed by atoms with van der Waals surface area (Å²) in [6.07, 6.45) is 7.98. The molecule has 4 rings (SSSR count). The molecule has 0 spiro atoms. The molecule has 0 radical (unpaired) electrons. The van der Waals surface area contributed by atoms with Gasteiger partial charge in [0.1, 0.15) is 0 Å². The van der Waals surface area contributed by atoms with E-state index in [4.69, 9.17) is 5.11 Å². The summed E-state index contributed by atoms with van der Waals surface area (Å²) in [7, 11) is -0.891. The van der Waals surface area contributed by atoms with Crippen LogP contribution in [-0.4, -0.2) is 23.9 Å². The van der Waals surface area contributed by atoms with Crippen LogP contribution in [0.4, 0.5) is 4.79 Å². The van der Waals surface area contributed by atoms with Gasteiger partial charge in [0.25, 0.3) is 7.41 Å². The second kappa shape index (κ2) is 3.28. The van der Waals surface area contributed by atoms with Gasteiger partial charge < -0.3 is 10.3 Å². The van der Waals surface area contributed by atoms with Crippen LogP contribution in [0.25, 0.3) is 0 Å². The standard InChI is InChI=1S/C13H24BNO2/c1-11-3-9-4-12(2,6-11)8-13(5-9,7-11)15-14-10(16)17/h9H,3-8,14-15H2,1-2H3,(H,16,17)/t9?,11-,12+,13?. The van der Waals surface area contributed by atoms with Gasteiger partial charge in [-0.1, -0.05) is 13.8 Å². The van der Waals surface area contributed by atoms with Crippen molar-refractivity contribution in [3.63, 3.8) is 0 Å². The van der Waals surface area contributed by atoms with Gasteiger partial charge in [-0.3, -0.25) is 4.79 Å². The van der Waals surface area contributed by atoms with E-state index in [1.54, 1.807) is 0 Å². The number of rotatable bonds is 3. The Bertz CT molecular complexity index is 352. The smallest absolute Gasteiger partial charge is 0.289 e. The molecule has 4 bridgehead atoms. The van der Waals surface area contributed by atoms with Gasteiger partial charge in [0.15, 0.2) is 5.87 Å². The van der Waals surface area contributed by atoms with Gasteiger partial charge in [-0.2, -0.15) is 0 Å². The Balaban J connectivity index is 1.84. The predicted molar refractivity (Wildman–Crippen MR) is 68.6 cm³/mol. The molecular formula is C13H24BNO2. The molecule has 4 heteroatoms. The molecule has 4 aliphatic carbocycles. The molecule has 0 aliphatic heterocycles. The van der Waals surface area contributed by atoms with Crippen LogP contribution in [0.2, 0.25) is 0 Å². The van der Waals surface area contributed by atoms with E-state index >= 15 is 0 Å². The second-order valence-electron chi connectivity index (χ2n) is 8.09. The van der Waals surface area contributed by atoms with Crippen molar-refractivity contribution < 1.29 is 15.1 Å². The van der Waals surface area contributed by atoms with Crippen LogP contribution in [0.5, 0.6) is 0 Å². The maximum atomic E-state index is 10.9. The first kappa shape index (κ1) is 11.6. The number of quaternary nitrogens is 1. The van der Waals surface area contributed by atoms with Crippen molar-refractivity contribution in [2.24, 2.45) is 16.7 Å². The highest BCUT2D eigenvalue weighted by molar-refractivity contribution is 6.64. The molecule has 0 saturated heterocycles. The number of nitrogens with two attached hydrogens (primary N) is 1. The summed E-state index contributed by atoms with van der Waals surface area (Å²) in [5.74, 6) is 0.328. The van der Waals surface area contributed by atoms with Gasteiger partial charge in [-0.25, -0.2) is 0 Å². The summed E-state index contributed by atoms with van der Waals surface area (Å²) in [5, 5.41) is 11.2. The van der Waals surface area contributed by atoms with E-state index in [2.05, 4.69) is 19.1 Å². The Labute approximate surface area is 104 Å². The summed E-state index contributed by atoms with van der Waals surface area (Å²) in [6.45, 7) is 4.89. The Morgan fingerprint density at radius 3 is 2.24 bits per heavy atom. The van der Waals surface area contributed by atoms with E-state index < -0.39 is 13.3 Å². The minimum Gasteiger partial charge on any atom is -0.528 e. The Kier molecular flexibility index (Phi) is 2.24. The lowest BCUT2D eigenvalue weighted by Crippen LogP contribution is -3.02. The van der Waals surface area contributed by atoms with E-state index in [1.165, 1.54) is 38.5 Å². The molecule has 3 N–H and O–H groups in total. The summed E-state index contributed by atoms with van der Waals surface area (Å²) in [4.78, 5) is 10.9. The topological polar surface area (TPSA) is 53.9 Å². The van der Waals surface area contributed by atoms with Crippen LogP contribution in [-0.2, 0) is 0 Å². The molecule has 0 aromatic rings. The first-order valence-electron chi connectivity index (χ1n) is 7.20. The third-order valence-electron chi connectivity index (χ3n) is 5.67. The molecule has 0 aromatic carbocycles. The Morgan fingerprint density at radius 2 is 1.76 bits per heavy atom. The van der Waals surface area contributed by atoms with E-state index in [9.17, 15) is 4.79 Å². The highest BCUT2D eigenvalue weighted by Crippen LogP contribution is 2.65. The third-order valence-corrected chi connectivity index (χ3v) is 5.67. The lowest BCUT2D eigenvalue weighted by atomic mass is 9.42. The van der Waals surface area contributed by atoms with Crippen molar-refractivity contribution in [1.82, 2.24) is 0 Å². The van der Waals surface area contributed by atoms with E-state index in [-0.39, 0.29) is 0 Å². The summed E-state index contributed by atoms with van der Waals surface area (Å²) < 4.78 is 0. The van der Waals surface area contributed by atoms with Crippen LogP contribution in [0.1, 0.15) is 52.4 Å². The second-order valence-corrected chi connectivity index (χ2v) is 8.09. The Morgan fingerprint density at radius 1 is 1.18 bits per heavy atom. The Hall–Kier alpha value is -0.505. The highest BCUT2D eigenvalue weighted by atomic mass is 16.4. The average Bonchev–Trinajstić information content (AvgIpc) is 2.08. The first-order valence-corrected chi connectivity index (χ1v) is 7.20. The minimum absolute atomic E-state index is 0.307. The molecule has 0 heterocycles. The fourth-order valence-electron chi connectivity index (χ4n) is 6.29. The lowest BCUT2D eigenvalue weighted by molar-refractivity contribution is -0.626. The lowest BCUT2D eigenvalue weighted by Gasteiger charge is -2.65. The fourth-order valence-corrected chi connectivity index (χ4v) is 6.29. The monoisotopic (exact) mass is 237 g/mol. The zero-order valence-corrected chi connectivity index (χ0v) is 11.3. The number of hydrogen-bond acceptors (Lipinski definition) is 1. The molecule has 17 heavy (non-hydrogen) atoms. The number of carbonyl (C=O) groups is 1. The maximum Gasteiger partial charge on any atom is 0.289 e. The van der Waals surface area contributed by atoms with E-state index in [1.807, 2.05) is 0 Å². The quantitative estimate of drug-likeness (QED) is 0.721. The predicted octanol–water partition coefficient (Wildman–Crippen LogP) is 1.06. The molecule has 4 saturated carbocycles. The summed E-state index contributed by atoms with van der Waals surface area (Å²) >= 11 is 0. The third kappa shape index (κ3) is 1.90. The van der Waals surface area contributed by atoms with Gasteiger partial charge >= 0.3 is 0 Å². The molecule has 4 fully saturated rings. The zero-order valence-electron chi connectivity index (χ0n) is 11.3. The van der Waals surface area contributed by atoms with Crippen LogP contribution in [0.3, 0.4) is 0 Å². The van der Waals surface area contributed by atoms with Crippen molar-refractivity contribution in [3.05, 3.63) is 0 Å². The zero-order chi connectivity index (χ0) is 12.3. The van der Waals surface area contributed by atoms with Gasteiger partial charge in [0, 0.05) is 19.3 Å². The van der Waals surface area contributed by atoms with Crippen molar-refractivity contribution in [3.8, 4) is 0 Å². The molecule has 0 aromatic heterocycles. The van der Waals surface area contributed by atoms with Crippen molar-refractivity contribution >= 4 is 13.3 Å². The SMILES string of the molecule is C[C@]12CC3CC([NH2+][BH2-]C(=O)O)(C1)C[C@@](C)(C3)C2. The maximum absolute atomic E-state index is 10.9. The first-order chi connectivity index (χ1) is 7.82. The van der Waals surface area contributed by atoms with Crippen molar-refractivity contribution in [2.75, 3.05) is 0 Å². The van der Waals surface area contributed by atoms with Gasteiger partial charge in [-0.15, -0.1) is 0 Å². The minimum atomic E-state index is -0.891. The number of hydrogen-bond donors (Lipinski definition) is 2. The van der Waals surface area contributed by atoms with Crippen molar-refractivity contribution in [2.45, 2.75) is 57.9 Å². The van der Waals surface area contributed by atoms with Crippen molar-refractivity contribution in [1.29, 1.82) is 0 Å². The van der Waals surface area contributed by atoms with Gasteiger partial charge in [0.05, 0.1) is 5.54 Å². The van der Waals surface area contributed by atoms with Crippen LogP contribution in [0.15, 0.2) is 0 Å². The van der Waals surface area contributed by atoms with Crippen LogP contribution >= 0.6 is 0 Å². The van der Waals surface area contributed by atoms with E-state index in [0.29, 0.717) is 16.4 Å². The normalized spacial score (nSPS) is 51.8. The van der Waals surface area contributed by atoms with Crippen LogP contribution in [0, 0.1) is 16.7 Å². The molecule has 96 valence electrons. The highest BCUT2D eigenvalue weighted by Gasteiger charge is 2.60. The summed E-state index contributed by atoms with van der Waals surface area (Å²) in [5.41, 5.74) is 1.33. The van der Waals surface area contributed by atoms with E-state index in [0.717, 1.165) is 5.92 Å². The molecular weight excluding hydrogens is 213 g/mol. The summed E-state index contributed by atoms with van der Waals surface area (Å²) in [6, 6.07) is 0. The molecule has 4 aliphatic rings. The fraction of sp³-hybridized carbons (Fsp3) is 0.923. The molecule has 0 amide bonds. The largest absolute Gasteiger partial charge is 0.528 e. The average molecular weight is 237 g/mol. The molecule has 2 unspecified atom stereocenters. The van der Waals surface area contributed by atoms with Gasteiger partial charge in [0.2, 0.25) is 0 Å².